The molecule has 0 saturated heterocycles. The number of aryl methyl sites for hydroxylation is 1. The monoisotopic (exact) mass is 632 g/mol. The summed E-state index contributed by atoms with van der Waals surface area (Å²) in [5.74, 6) is 0.179. The van der Waals surface area contributed by atoms with Gasteiger partial charge >= 0.3 is 12.1 Å². The fourth-order valence-electron chi connectivity index (χ4n) is 3.98. The van der Waals surface area contributed by atoms with Crippen molar-refractivity contribution in [3.63, 3.8) is 0 Å². The lowest BCUT2D eigenvalue weighted by Crippen LogP contribution is -2.24. The van der Waals surface area contributed by atoms with Gasteiger partial charge in [-0.2, -0.15) is 0 Å². The molecule has 11 heteroatoms. The molecule has 0 aliphatic carbocycles. The van der Waals surface area contributed by atoms with E-state index in [1.807, 2.05) is 37.3 Å². The van der Waals surface area contributed by atoms with Crippen LogP contribution in [0.25, 0.3) is 5.69 Å². The third kappa shape index (κ3) is 6.27. The zero-order chi connectivity index (χ0) is 26.7. The SMILES string of the molecule is Cc1cnc2n1-c1cc(Br)c(Br)cc1C(c1ccccn1)=N[C@H]2CCC(=O)OC(C)OC(=O)OC(C)C. The molecule has 9 nitrogen and oxygen atoms in total. The van der Waals surface area contributed by atoms with Crippen LogP contribution < -0.4 is 0 Å². The minimum atomic E-state index is -1.08. The molecule has 3 heterocycles. The molecule has 1 aromatic carbocycles. The predicted molar refractivity (Wildman–Crippen MR) is 144 cm³/mol. The number of ether oxygens (including phenoxy) is 3. The average Bonchev–Trinajstić information content (AvgIpc) is 3.15. The maximum Gasteiger partial charge on any atom is 0.511 e. The van der Waals surface area contributed by atoms with Crippen LogP contribution in [0.1, 0.15) is 62.4 Å². The highest BCUT2D eigenvalue weighted by Crippen LogP contribution is 2.37. The largest absolute Gasteiger partial charge is 0.511 e. The first-order valence-electron chi connectivity index (χ1n) is 11.7. The van der Waals surface area contributed by atoms with Gasteiger partial charge in [-0.25, -0.2) is 9.78 Å². The van der Waals surface area contributed by atoms with E-state index in [-0.39, 0.29) is 12.5 Å². The van der Waals surface area contributed by atoms with E-state index in [0.717, 1.165) is 25.9 Å². The molecule has 2 aromatic heterocycles. The van der Waals surface area contributed by atoms with Crippen LogP contribution in [0.5, 0.6) is 0 Å². The Morgan fingerprint density at radius 3 is 2.51 bits per heavy atom. The van der Waals surface area contributed by atoms with Crippen LogP contribution in [0.3, 0.4) is 0 Å². The van der Waals surface area contributed by atoms with Gasteiger partial charge in [0.25, 0.3) is 0 Å². The summed E-state index contributed by atoms with van der Waals surface area (Å²) in [6.45, 7) is 6.84. The summed E-state index contributed by atoms with van der Waals surface area (Å²) >= 11 is 7.23. The quantitative estimate of drug-likeness (QED) is 0.225. The van der Waals surface area contributed by atoms with Crippen LogP contribution in [0, 0.1) is 6.92 Å². The molecule has 0 saturated carbocycles. The minimum Gasteiger partial charge on any atom is -0.431 e. The summed E-state index contributed by atoms with van der Waals surface area (Å²) in [7, 11) is 0. The number of nitrogens with zero attached hydrogens (tertiary/aromatic N) is 4. The van der Waals surface area contributed by atoms with E-state index in [1.54, 1.807) is 26.2 Å². The second-order valence-electron chi connectivity index (χ2n) is 8.72. The summed E-state index contributed by atoms with van der Waals surface area (Å²) in [5, 5.41) is 0. The number of hydrogen-bond acceptors (Lipinski definition) is 8. The lowest BCUT2D eigenvalue weighted by atomic mass is 10.0. The first-order valence-corrected chi connectivity index (χ1v) is 13.3. The molecule has 1 aliphatic rings. The van der Waals surface area contributed by atoms with Crippen molar-refractivity contribution >= 4 is 49.7 Å². The number of pyridine rings is 1. The molecule has 1 aliphatic heterocycles. The van der Waals surface area contributed by atoms with E-state index in [1.165, 1.54) is 6.92 Å². The van der Waals surface area contributed by atoms with Gasteiger partial charge in [-0.05, 0) is 83.3 Å². The number of fused-ring (bicyclic) bond motifs is 3. The van der Waals surface area contributed by atoms with Crippen molar-refractivity contribution in [2.75, 3.05) is 0 Å². The highest BCUT2D eigenvalue weighted by Gasteiger charge is 2.29. The Balaban J connectivity index is 1.63. The summed E-state index contributed by atoms with van der Waals surface area (Å²) in [4.78, 5) is 38.5. The molecule has 4 rings (SSSR count). The van der Waals surface area contributed by atoms with Gasteiger partial charge in [0, 0.05) is 45.9 Å². The van der Waals surface area contributed by atoms with Gasteiger partial charge in [-0.1, -0.05) is 6.07 Å². The zero-order valence-corrected chi connectivity index (χ0v) is 23.9. The van der Waals surface area contributed by atoms with Crippen LogP contribution in [0.2, 0.25) is 0 Å². The van der Waals surface area contributed by atoms with Crippen LogP contribution >= 0.6 is 31.9 Å². The Morgan fingerprint density at radius 1 is 1.05 bits per heavy atom. The molecule has 0 bridgehead atoms. The average molecular weight is 634 g/mol. The van der Waals surface area contributed by atoms with Crippen molar-refractivity contribution in [1.29, 1.82) is 0 Å². The maximum absolute atomic E-state index is 12.6. The van der Waals surface area contributed by atoms with Crippen molar-refractivity contribution in [3.8, 4) is 5.69 Å². The normalized spacial score (nSPS) is 15.2. The summed E-state index contributed by atoms with van der Waals surface area (Å²) in [5.41, 5.74) is 4.12. The van der Waals surface area contributed by atoms with E-state index in [4.69, 9.17) is 19.2 Å². The molecule has 0 fully saturated rings. The van der Waals surface area contributed by atoms with Gasteiger partial charge in [-0.15, -0.1) is 0 Å². The topological polar surface area (TPSA) is 105 Å². The van der Waals surface area contributed by atoms with Gasteiger partial charge in [0.1, 0.15) is 11.9 Å². The highest BCUT2D eigenvalue weighted by atomic mass is 79.9. The van der Waals surface area contributed by atoms with Crippen LogP contribution in [0.15, 0.2) is 56.7 Å². The van der Waals surface area contributed by atoms with Crippen LogP contribution in [0.4, 0.5) is 4.79 Å². The number of carbonyl (C=O) groups excluding carboxylic acids is 2. The third-order valence-electron chi connectivity index (χ3n) is 5.50. The lowest BCUT2D eigenvalue weighted by Gasteiger charge is -2.16. The second-order valence-corrected chi connectivity index (χ2v) is 10.4. The van der Waals surface area contributed by atoms with Gasteiger partial charge < -0.3 is 14.2 Å². The molecule has 194 valence electrons. The van der Waals surface area contributed by atoms with Crippen molar-refractivity contribution in [1.82, 2.24) is 14.5 Å². The fraction of sp³-hybridized carbons (Fsp3) is 0.346. The zero-order valence-electron chi connectivity index (χ0n) is 20.8. The van der Waals surface area contributed by atoms with E-state index in [2.05, 4.69) is 46.4 Å². The molecule has 2 atom stereocenters. The minimum absolute atomic E-state index is 0.0340. The number of esters is 1. The summed E-state index contributed by atoms with van der Waals surface area (Å²) in [6.07, 6.45) is 1.56. The number of hydrogen-bond donors (Lipinski definition) is 0. The number of carbonyl (C=O) groups is 2. The maximum atomic E-state index is 12.6. The Kier molecular flexibility index (Phi) is 8.43. The Morgan fingerprint density at radius 2 is 1.81 bits per heavy atom. The third-order valence-corrected chi connectivity index (χ3v) is 7.35. The smallest absolute Gasteiger partial charge is 0.431 e. The number of aliphatic imine (C=N–C) groups is 1. The predicted octanol–water partition coefficient (Wildman–Crippen LogP) is 6.22. The highest BCUT2D eigenvalue weighted by molar-refractivity contribution is 9.13. The number of aromatic nitrogens is 3. The number of halogens is 2. The van der Waals surface area contributed by atoms with Crippen molar-refractivity contribution < 1.29 is 23.8 Å². The van der Waals surface area contributed by atoms with Crippen molar-refractivity contribution in [2.24, 2.45) is 4.99 Å². The van der Waals surface area contributed by atoms with E-state index in [0.29, 0.717) is 23.7 Å². The Labute approximate surface area is 231 Å². The molecule has 1 unspecified atom stereocenters. The molecular formula is C26H26Br2N4O5. The first-order chi connectivity index (χ1) is 17.6. The van der Waals surface area contributed by atoms with Gasteiger partial charge in [-0.3, -0.25) is 19.3 Å². The van der Waals surface area contributed by atoms with Crippen LogP contribution in [-0.4, -0.2) is 44.8 Å². The standard InChI is InChI=1S/C26H26Br2N4O5/c1-14(2)35-26(34)37-16(4)36-23(33)9-8-21-25-30-13-15(3)32(25)22-12-19(28)18(27)11-17(22)24(31-21)20-7-5-6-10-29-20/h5-7,10-14,16,21H,8-9H2,1-4H3/t16?,21-/m0/s1. The van der Waals surface area contributed by atoms with Crippen molar-refractivity contribution in [3.05, 3.63) is 74.4 Å². The lowest BCUT2D eigenvalue weighted by molar-refractivity contribution is -0.168. The summed E-state index contributed by atoms with van der Waals surface area (Å²) < 4.78 is 19.0. The number of rotatable bonds is 7. The Bertz CT molecular complexity index is 1340. The molecule has 0 radical (unpaired) electrons. The molecule has 0 spiro atoms. The Hall–Kier alpha value is -3.05. The van der Waals surface area contributed by atoms with Crippen LogP contribution in [-0.2, 0) is 19.0 Å². The second kappa shape index (κ2) is 11.6. The molecule has 0 N–H and O–H groups in total. The molecule has 3 aromatic rings. The molecule has 37 heavy (non-hydrogen) atoms. The fourth-order valence-corrected chi connectivity index (χ4v) is 4.65. The van der Waals surface area contributed by atoms with Crippen molar-refractivity contribution in [2.45, 2.75) is 59.0 Å². The van der Waals surface area contributed by atoms with E-state index in [9.17, 15) is 9.59 Å². The van der Waals surface area contributed by atoms with E-state index < -0.39 is 24.5 Å². The first kappa shape index (κ1) is 27.0. The molecular weight excluding hydrogens is 608 g/mol. The van der Waals surface area contributed by atoms with Gasteiger partial charge in [0.2, 0.25) is 6.29 Å². The summed E-state index contributed by atoms with van der Waals surface area (Å²) in [6, 6.07) is 9.22. The number of imidazole rings is 1. The van der Waals surface area contributed by atoms with Gasteiger partial charge in [0.05, 0.1) is 23.2 Å². The van der Waals surface area contributed by atoms with Gasteiger partial charge in [0.15, 0.2) is 0 Å². The molecule has 0 amide bonds. The number of benzene rings is 1. The van der Waals surface area contributed by atoms with E-state index >= 15 is 0 Å².